The van der Waals surface area contributed by atoms with E-state index >= 15 is 0 Å². The molecule has 3 aromatic rings. The molecular formula is C22H24N2O. The monoisotopic (exact) mass is 332 g/mol. The van der Waals surface area contributed by atoms with Crippen LogP contribution in [0, 0.1) is 0 Å². The third-order valence-electron chi connectivity index (χ3n) is 6.00. The number of hydrogen-bond acceptors (Lipinski definition) is 2. The Morgan fingerprint density at radius 3 is 2.88 bits per heavy atom. The van der Waals surface area contributed by atoms with Crippen molar-refractivity contribution in [2.75, 3.05) is 13.7 Å². The molecule has 0 saturated heterocycles. The molecule has 2 aliphatic rings. The molecule has 0 radical (unpaired) electrons. The smallest absolute Gasteiger partial charge is 0.0486 e. The molecule has 1 aliphatic heterocycles. The lowest BCUT2D eigenvalue weighted by Gasteiger charge is -2.19. The molecule has 1 fully saturated rings. The van der Waals surface area contributed by atoms with Gasteiger partial charge < -0.3 is 14.6 Å². The summed E-state index contributed by atoms with van der Waals surface area (Å²) in [5.41, 5.74) is 5.90. The molecule has 128 valence electrons. The van der Waals surface area contributed by atoms with E-state index in [1.165, 1.54) is 34.0 Å². The first-order valence-electron chi connectivity index (χ1n) is 9.23. The molecular weight excluding hydrogens is 308 g/mol. The summed E-state index contributed by atoms with van der Waals surface area (Å²) in [4.78, 5) is 0. The normalized spacial score (nSPS) is 24.1. The van der Waals surface area contributed by atoms with Gasteiger partial charge in [0.05, 0.1) is 0 Å². The molecule has 2 atom stereocenters. The molecule has 3 nitrogen and oxygen atoms in total. The first kappa shape index (κ1) is 15.2. The number of nitrogens with one attached hydrogen (secondary N) is 1. The second kappa shape index (κ2) is 5.72. The molecule has 1 N–H and O–H groups in total. The molecule has 3 heteroatoms. The number of aryl methyl sites for hydroxylation is 1. The van der Waals surface area contributed by atoms with Crippen molar-refractivity contribution in [1.29, 1.82) is 0 Å². The fraction of sp³-hybridized carbons (Fsp3) is 0.364. The van der Waals surface area contributed by atoms with E-state index in [-0.39, 0.29) is 5.41 Å². The molecule has 0 amide bonds. The van der Waals surface area contributed by atoms with E-state index in [0.717, 1.165) is 26.1 Å². The van der Waals surface area contributed by atoms with Gasteiger partial charge in [-0.15, -0.1) is 0 Å². The molecule has 0 spiro atoms. The number of nitrogens with zero attached hydrogens (tertiary/aromatic N) is 1. The Morgan fingerprint density at radius 2 is 2.04 bits per heavy atom. The minimum absolute atomic E-state index is 0.144. The maximum atomic E-state index is 5.24. The van der Waals surface area contributed by atoms with Crippen molar-refractivity contribution >= 4 is 10.9 Å². The van der Waals surface area contributed by atoms with Crippen molar-refractivity contribution in [2.45, 2.75) is 37.4 Å². The predicted molar refractivity (Wildman–Crippen MR) is 101 cm³/mol. The standard InChI is InChI=1S/C22H24N2O/c1-25-12-6-11-24-15-16-14-23-20-13-22(20,17-7-3-2-4-8-17)18-9-5-10-19(24)21(16)18/h2-5,7-10,15,20,23H,6,11-14H2,1H3. The summed E-state index contributed by atoms with van der Waals surface area (Å²) in [6.45, 7) is 2.78. The van der Waals surface area contributed by atoms with Crippen LogP contribution in [0.5, 0.6) is 0 Å². The maximum Gasteiger partial charge on any atom is 0.0486 e. The van der Waals surface area contributed by atoms with Gasteiger partial charge in [0.2, 0.25) is 0 Å². The number of rotatable bonds is 5. The second-order valence-corrected chi connectivity index (χ2v) is 7.37. The highest BCUT2D eigenvalue weighted by atomic mass is 16.5. The summed E-state index contributed by atoms with van der Waals surface area (Å²) in [7, 11) is 1.77. The van der Waals surface area contributed by atoms with Crippen LogP contribution in [0.25, 0.3) is 10.9 Å². The van der Waals surface area contributed by atoms with Crippen LogP contribution < -0.4 is 5.32 Å². The molecule has 1 aliphatic carbocycles. The Hall–Kier alpha value is -2.10. The lowest BCUT2D eigenvalue weighted by Crippen LogP contribution is -2.24. The summed E-state index contributed by atoms with van der Waals surface area (Å²) in [5.74, 6) is 0. The van der Waals surface area contributed by atoms with Crippen LogP contribution in [0.2, 0.25) is 0 Å². The Morgan fingerprint density at radius 1 is 1.16 bits per heavy atom. The van der Waals surface area contributed by atoms with Crippen molar-refractivity contribution in [3.8, 4) is 0 Å². The Bertz CT molecular complexity index is 914. The van der Waals surface area contributed by atoms with Crippen molar-refractivity contribution in [1.82, 2.24) is 9.88 Å². The quantitative estimate of drug-likeness (QED) is 0.719. The zero-order valence-electron chi connectivity index (χ0n) is 14.7. The second-order valence-electron chi connectivity index (χ2n) is 7.37. The van der Waals surface area contributed by atoms with Gasteiger partial charge in [0.25, 0.3) is 0 Å². The maximum absolute atomic E-state index is 5.24. The van der Waals surface area contributed by atoms with Gasteiger partial charge in [0.1, 0.15) is 0 Å². The summed E-state index contributed by atoms with van der Waals surface area (Å²) in [5, 5.41) is 5.28. The molecule has 2 unspecified atom stereocenters. The number of ether oxygens (including phenoxy) is 1. The highest BCUT2D eigenvalue weighted by Crippen LogP contribution is 2.57. The molecule has 1 saturated carbocycles. The number of benzene rings is 2. The first-order valence-corrected chi connectivity index (χ1v) is 9.23. The van der Waals surface area contributed by atoms with E-state index in [1.54, 1.807) is 7.11 Å². The summed E-state index contributed by atoms with van der Waals surface area (Å²) in [6.07, 6.45) is 4.59. The van der Waals surface area contributed by atoms with Crippen LogP contribution in [-0.2, 0) is 23.2 Å². The summed E-state index contributed by atoms with van der Waals surface area (Å²) in [6, 6.07) is 18.4. The molecule has 1 aromatic heterocycles. The van der Waals surface area contributed by atoms with Crippen LogP contribution >= 0.6 is 0 Å². The SMILES string of the molecule is COCCCn1cc2c3c(cccc31)C1(c3ccccc3)CC1NC2. The highest BCUT2D eigenvalue weighted by molar-refractivity contribution is 5.90. The zero-order valence-corrected chi connectivity index (χ0v) is 14.7. The highest BCUT2D eigenvalue weighted by Gasteiger charge is 2.58. The summed E-state index contributed by atoms with van der Waals surface area (Å²) >= 11 is 0. The van der Waals surface area contributed by atoms with Crippen molar-refractivity contribution in [3.63, 3.8) is 0 Å². The number of hydrogen-bond donors (Lipinski definition) is 1. The van der Waals surface area contributed by atoms with E-state index < -0.39 is 0 Å². The van der Waals surface area contributed by atoms with Gasteiger partial charge in [-0.25, -0.2) is 0 Å². The van der Waals surface area contributed by atoms with Crippen molar-refractivity contribution in [2.24, 2.45) is 0 Å². The van der Waals surface area contributed by atoms with Gasteiger partial charge in [-0.3, -0.25) is 0 Å². The fourth-order valence-corrected chi connectivity index (χ4v) is 4.76. The van der Waals surface area contributed by atoms with Crippen molar-refractivity contribution in [3.05, 3.63) is 71.4 Å². The molecule has 0 bridgehead atoms. The minimum Gasteiger partial charge on any atom is -0.385 e. The van der Waals surface area contributed by atoms with Gasteiger partial charge in [0, 0.05) is 55.4 Å². The largest absolute Gasteiger partial charge is 0.385 e. The van der Waals surface area contributed by atoms with Crippen molar-refractivity contribution < 1.29 is 4.74 Å². The Balaban J connectivity index is 1.66. The summed E-state index contributed by atoms with van der Waals surface area (Å²) < 4.78 is 7.65. The van der Waals surface area contributed by atoms with E-state index in [0.29, 0.717) is 6.04 Å². The van der Waals surface area contributed by atoms with E-state index in [2.05, 4.69) is 64.6 Å². The number of aromatic nitrogens is 1. The Kier molecular flexibility index (Phi) is 3.47. The molecule has 2 heterocycles. The fourth-order valence-electron chi connectivity index (χ4n) is 4.76. The van der Waals surface area contributed by atoms with Gasteiger partial charge in [-0.2, -0.15) is 0 Å². The lowest BCUT2D eigenvalue weighted by molar-refractivity contribution is 0.190. The lowest BCUT2D eigenvalue weighted by atomic mass is 9.85. The molecule has 2 aromatic carbocycles. The average molecular weight is 332 g/mol. The van der Waals surface area contributed by atoms with E-state index in [9.17, 15) is 0 Å². The molecule has 5 rings (SSSR count). The van der Waals surface area contributed by atoms with Crippen LogP contribution in [0.1, 0.15) is 29.5 Å². The molecule has 25 heavy (non-hydrogen) atoms. The van der Waals surface area contributed by atoms with Gasteiger partial charge in [-0.05, 0) is 35.6 Å². The van der Waals surface area contributed by atoms with Gasteiger partial charge in [0.15, 0.2) is 0 Å². The topological polar surface area (TPSA) is 26.2 Å². The van der Waals surface area contributed by atoms with Crippen LogP contribution in [-0.4, -0.2) is 24.3 Å². The minimum atomic E-state index is 0.144. The number of methoxy groups -OCH3 is 1. The predicted octanol–water partition coefficient (Wildman–Crippen LogP) is 3.84. The van der Waals surface area contributed by atoms with Crippen LogP contribution in [0.15, 0.2) is 54.7 Å². The van der Waals surface area contributed by atoms with Gasteiger partial charge in [-0.1, -0.05) is 42.5 Å². The Labute approximate surface area is 148 Å². The van der Waals surface area contributed by atoms with Crippen LogP contribution in [0.4, 0.5) is 0 Å². The van der Waals surface area contributed by atoms with E-state index in [4.69, 9.17) is 4.74 Å². The van der Waals surface area contributed by atoms with Gasteiger partial charge >= 0.3 is 0 Å². The van der Waals surface area contributed by atoms with E-state index in [1.807, 2.05) is 0 Å². The number of fused-ring (bicyclic) bond motifs is 2. The first-order chi connectivity index (χ1) is 12.3. The average Bonchev–Trinajstić information content (AvgIpc) is 3.31. The zero-order chi connectivity index (χ0) is 16.9. The third-order valence-corrected chi connectivity index (χ3v) is 6.00. The third kappa shape index (κ3) is 2.19. The van der Waals surface area contributed by atoms with Crippen LogP contribution in [0.3, 0.4) is 0 Å².